The van der Waals surface area contributed by atoms with Crippen LogP contribution in [0, 0.1) is 5.82 Å². The van der Waals surface area contributed by atoms with Crippen molar-refractivity contribution < 1.29 is 13.9 Å². The third-order valence-electron chi connectivity index (χ3n) is 3.53. The number of hydrogen-bond acceptors (Lipinski definition) is 4. The van der Waals surface area contributed by atoms with Gasteiger partial charge in [-0.25, -0.2) is 9.38 Å². The Labute approximate surface area is 189 Å². The average Bonchev–Trinajstić information content (AvgIpc) is 2.66. The number of likely N-dealkylation sites (N-methyl/N-ethyl adjacent to an activating group) is 1. The van der Waals surface area contributed by atoms with E-state index in [1.165, 1.54) is 17.0 Å². The molecule has 2 N–H and O–H groups in total. The Morgan fingerprint density at radius 1 is 1.18 bits per heavy atom. The molecule has 1 aromatic carbocycles. The highest BCUT2D eigenvalue weighted by atomic mass is 127. The van der Waals surface area contributed by atoms with Crippen molar-refractivity contribution in [3.8, 4) is 0 Å². The minimum atomic E-state index is -0.218. The van der Waals surface area contributed by atoms with E-state index in [1.807, 2.05) is 6.92 Å². The minimum Gasteiger partial charge on any atom is -0.382 e. The van der Waals surface area contributed by atoms with Crippen molar-refractivity contribution in [1.29, 1.82) is 0 Å². The molecule has 28 heavy (non-hydrogen) atoms. The highest BCUT2D eigenvalue weighted by Gasteiger charge is 2.04. The van der Waals surface area contributed by atoms with E-state index >= 15 is 0 Å². The number of hydrogen-bond donors (Lipinski definition) is 2. The number of rotatable bonds is 12. The van der Waals surface area contributed by atoms with Crippen LogP contribution in [0.4, 0.5) is 4.39 Å². The molecule has 0 heterocycles. The van der Waals surface area contributed by atoms with Gasteiger partial charge in [0, 0.05) is 45.3 Å². The zero-order chi connectivity index (χ0) is 19.9. The van der Waals surface area contributed by atoms with Crippen LogP contribution in [0.3, 0.4) is 0 Å². The zero-order valence-corrected chi connectivity index (χ0v) is 20.0. The molecule has 0 aliphatic rings. The zero-order valence-electron chi connectivity index (χ0n) is 16.9. The summed E-state index contributed by atoms with van der Waals surface area (Å²) in [6.45, 7) is 4.95. The maximum atomic E-state index is 12.9. The van der Waals surface area contributed by atoms with Crippen LogP contribution in [-0.2, 0) is 9.53 Å². The summed E-state index contributed by atoms with van der Waals surface area (Å²) >= 11 is 1.69. The Morgan fingerprint density at radius 3 is 2.43 bits per heavy atom. The molecule has 0 atom stereocenters. The quantitative estimate of drug-likeness (QED) is 0.144. The van der Waals surface area contributed by atoms with Gasteiger partial charge in [-0.15, -0.1) is 35.7 Å². The van der Waals surface area contributed by atoms with E-state index in [-0.39, 0.29) is 42.2 Å². The smallest absolute Gasteiger partial charge is 0.243 e. The van der Waals surface area contributed by atoms with Crippen LogP contribution in [0.2, 0.25) is 0 Å². The molecule has 9 heteroatoms. The number of halogens is 2. The van der Waals surface area contributed by atoms with Gasteiger partial charge in [0.1, 0.15) is 12.4 Å². The Kier molecular flexibility index (Phi) is 16.2. The maximum Gasteiger partial charge on any atom is 0.243 e. The molecule has 0 saturated carbocycles. The van der Waals surface area contributed by atoms with Crippen LogP contribution >= 0.6 is 35.7 Å². The molecule has 0 aromatic heterocycles. The molecule has 0 saturated heterocycles. The van der Waals surface area contributed by atoms with E-state index < -0.39 is 0 Å². The summed E-state index contributed by atoms with van der Waals surface area (Å²) in [6, 6.07) is 6.51. The normalized spacial score (nSPS) is 10.9. The lowest BCUT2D eigenvalue weighted by atomic mass is 10.4. The number of amides is 1. The predicted octanol–water partition coefficient (Wildman–Crippen LogP) is 2.98. The van der Waals surface area contributed by atoms with Crippen LogP contribution in [0.5, 0.6) is 0 Å². The first-order valence-electron chi connectivity index (χ1n) is 9.21. The van der Waals surface area contributed by atoms with Crippen molar-refractivity contribution in [2.75, 3.05) is 52.7 Å². The number of thioether (sulfide) groups is 1. The number of benzene rings is 1. The molecule has 0 aliphatic carbocycles. The van der Waals surface area contributed by atoms with Gasteiger partial charge in [0.2, 0.25) is 5.91 Å². The molecule has 0 unspecified atom stereocenters. The van der Waals surface area contributed by atoms with Crippen molar-refractivity contribution in [3.63, 3.8) is 0 Å². The second kappa shape index (κ2) is 16.8. The lowest BCUT2D eigenvalue weighted by Crippen LogP contribution is -2.39. The van der Waals surface area contributed by atoms with Crippen molar-refractivity contribution in [1.82, 2.24) is 15.5 Å². The predicted molar refractivity (Wildman–Crippen MR) is 125 cm³/mol. The largest absolute Gasteiger partial charge is 0.382 e. The number of ether oxygens (including phenoxy) is 1. The molecule has 0 radical (unpaired) electrons. The SMILES string of the molecule is CCOCCCNC(=NCC(=O)N(C)C)NCCCSc1ccc(F)cc1.I. The molecule has 1 rings (SSSR count). The van der Waals surface area contributed by atoms with E-state index in [0.717, 1.165) is 36.6 Å². The fourth-order valence-electron chi connectivity index (χ4n) is 1.99. The van der Waals surface area contributed by atoms with Crippen molar-refractivity contribution in [2.24, 2.45) is 4.99 Å². The van der Waals surface area contributed by atoms with Gasteiger partial charge in [0.15, 0.2) is 5.96 Å². The first kappa shape index (κ1) is 26.9. The van der Waals surface area contributed by atoms with Crippen LogP contribution in [0.25, 0.3) is 0 Å². The first-order chi connectivity index (χ1) is 13.0. The highest BCUT2D eigenvalue weighted by Crippen LogP contribution is 2.18. The lowest BCUT2D eigenvalue weighted by molar-refractivity contribution is -0.127. The Balaban J connectivity index is 0.00000729. The molecule has 1 aromatic rings. The average molecular weight is 526 g/mol. The second-order valence-electron chi connectivity index (χ2n) is 6.01. The fraction of sp³-hybridized carbons (Fsp3) is 0.579. The fourth-order valence-corrected chi connectivity index (χ4v) is 2.84. The molecular formula is C19H32FIN4O2S. The summed E-state index contributed by atoms with van der Waals surface area (Å²) in [6.07, 6.45) is 1.79. The number of aliphatic imine (C=N–C) groups is 1. The van der Waals surface area contributed by atoms with Gasteiger partial charge in [-0.1, -0.05) is 0 Å². The van der Waals surface area contributed by atoms with Crippen LogP contribution in [0.1, 0.15) is 19.8 Å². The topological polar surface area (TPSA) is 66.0 Å². The number of carbonyl (C=O) groups excluding carboxylic acids is 1. The summed E-state index contributed by atoms with van der Waals surface area (Å²) in [7, 11) is 3.43. The molecule has 0 bridgehead atoms. The summed E-state index contributed by atoms with van der Waals surface area (Å²) in [5, 5.41) is 6.48. The minimum absolute atomic E-state index is 0. The molecule has 1 amide bonds. The van der Waals surface area contributed by atoms with Crippen LogP contribution < -0.4 is 10.6 Å². The molecule has 160 valence electrons. The van der Waals surface area contributed by atoms with E-state index in [9.17, 15) is 9.18 Å². The molecular weight excluding hydrogens is 494 g/mol. The number of guanidine groups is 1. The Morgan fingerprint density at radius 2 is 1.82 bits per heavy atom. The number of nitrogens with one attached hydrogen (secondary N) is 2. The highest BCUT2D eigenvalue weighted by molar-refractivity contribution is 14.0. The van der Waals surface area contributed by atoms with E-state index in [1.54, 1.807) is 38.0 Å². The molecule has 0 aliphatic heterocycles. The summed E-state index contributed by atoms with van der Waals surface area (Å²) in [5.74, 6) is 1.28. The van der Waals surface area contributed by atoms with Gasteiger partial charge in [0.05, 0.1) is 0 Å². The molecule has 0 spiro atoms. The first-order valence-corrected chi connectivity index (χ1v) is 10.2. The van der Waals surface area contributed by atoms with Gasteiger partial charge in [-0.05, 0) is 49.8 Å². The third-order valence-corrected chi connectivity index (χ3v) is 4.63. The number of carbonyl (C=O) groups is 1. The van der Waals surface area contributed by atoms with Gasteiger partial charge in [0.25, 0.3) is 0 Å². The van der Waals surface area contributed by atoms with E-state index in [2.05, 4.69) is 15.6 Å². The summed E-state index contributed by atoms with van der Waals surface area (Å²) in [4.78, 5) is 18.7. The van der Waals surface area contributed by atoms with Gasteiger partial charge < -0.3 is 20.3 Å². The number of nitrogens with zero attached hydrogens (tertiary/aromatic N) is 2. The van der Waals surface area contributed by atoms with Crippen LogP contribution in [-0.4, -0.2) is 69.5 Å². The van der Waals surface area contributed by atoms with Crippen molar-refractivity contribution >= 4 is 47.6 Å². The van der Waals surface area contributed by atoms with E-state index in [4.69, 9.17) is 4.74 Å². The van der Waals surface area contributed by atoms with Crippen LogP contribution in [0.15, 0.2) is 34.2 Å². The monoisotopic (exact) mass is 526 g/mol. The van der Waals surface area contributed by atoms with Crippen molar-refractivity contribution in [3.05, 3.63) is 30.1 Å². The van der Waals surface area contributed by atoms with Gasteiger partial charge in [-0.3, -0.25) is 4.79 Å². The molecule has 0 fully saturated rings. The summed E-state index contributed by atoms with van der Waals surface area (Å²) in [5.41, 5.74) is 0. The lowest BCUT2D eigenvalue weighted by Gasteiger charge is -2.14. The Hall–Kier alpha value is -1.07. The van der Waals surface area contributed by atoms with Crippen molar-refractivity contribution in [2.45, 2.75) is 24.7 Å². The Bertz CT molecular complexity index is 574. The van der Waals surface area contributed by atoms with Gasteiger partial charge in [-0.2, -0.15) is 0 Å². The second-order valence-corrected chi connectivity index (χ2v) is 7.18. The van der Waals surface area contributed by atoms with Gasteiger partial charge >= 0.3 is 0 Å². The summed E-state index contributed by atoms with van der Waals surface area (Å²) < 4.78 is 18.2. The third kappa shape index (κ3) is 13.2. The molecule has 6 nitrogen and oxygen atoms in total. The standard InChI is InChI=1S/C19H31FN4O2S.HI/c1-4-26-13-5-11-21-19(23-15-18(25)24(2)3)22-12-6-14-27-17-9-7-16(20)8-10-17;/h7-10H,4-6,11-15H2,1-3H3,(H2,21,22,23);1H. The maximum absolute atomic E-state index is 12.9. The van der Waals surface area contributed by atoms with E-state index in [0.29, 0.717) is 19.2 Å².